The zero-order valence-corrected chi connectivity index (χ0v) is 32.7. The molecule has 300 valence electrons. The number of amides is 4. The van der Waals surface area contributed by atoms with Crippen molar-refractivity contribution in [2.45, 2.75) is 116 Å². The van der Waals surface area contributed by atoms with Crippen molar-refractivity contribution < 1.29 is 47.3 Å². The molecule has 54 heavy (non-hydrogen) atoms. The molecule has 0 heterocycles. The summed E-state index contributed by atoms with van der Waals surface area (Å²) in [4.78, 5) is 55.8. The van der Waals surface area contributed by atoms with E-state index in [0.717, 1.165) is 25.0 Å². The van der Waals surface area contributed by atoms with Crippen molar-refractivity contribution in [2.75, 3.05) is 34.4 Å². The molecule has 2 aromatic rings. The smallest absolute Gasteiger partial charge is 0.253 e. The number of ether oxygens (including phenoxy) is 3. The Morgan fingerprint density at radius 3 is 1.94 bits per heavy atom. The van der Waals surface area contributed by atoms with Crippen LogP contribution < -0.4 is 16.0 Å². The van der Waals surface area contributed by atoms with Gasteiger partial charge in [-0.3, -0.25) is 19.2 Å². The highest BCUT2D eigenvalue weighted by Crippen LogP contribution is 2.26. The standard InChI is InChI=1S/C40H58F2N4O8/c1-9-11-46(12-10-2)40(51)27-14-24(5)13-26(18-27)38(49)44-31(17-25-15-28(41)19-29(42)16-25)32(47)22-35(48)45-36(23(3)4)39(50)43-30-20-33(52-6)37(54-8)34(21-30)53-7/h13-16,18-19,23,30-34,36-37,47H,9-12,17,20-22H2,1-8H3,(H,43,50)(H,44,49)(H,45,48)/t30?,31-,32-,33?,34?,36-,37?/m0/s1. The van der Waals surface area contributed by atoms with Gasteiger partial charge in [-0.25, -0.2) is 8.78 Å². The minimum atomic E-state index is -1.54. The van der Waals surface area contributed by atoms with Crippen LogP contribution >= 0.6 is 0 Å². The Morgan fingerprint density at radius 2 is 1.43 bits per heavy atom. The second-order valence-corrected chi connectivity index (χ2v) is 14.4. The molecule has 0 bridgehead atoms. The normalized spacial score (nSPS) is 20.1. The maximum Gasteiger partial charge on any atom is 0.253 e. The van der Waals surface area contributed by atoms with Gasteiger partial charge in [-0.1, -0.05) is 27.7 Å². The van der Waals surface area contributed by atoms with Crippen LogP contribution in [0.2, 0.25) is 0 Å². The summed E-state index contributed by atoms with van der Waals surface area (Å²) in [5, 5.41) is 19.8. The average molecular weight is 761 g/mol. The Balaban J connectivity index is 1.80. The molecule has 1 fully saturated rings. The van der Waals surface area contributed by atoms with Crippen molar-refractivity contribution >= 4 is 23.6 Å². The molecule has 0 radical (unpaired) electrons. The zero-order valence-electron chi connectivity index (χ0n) is 32.7. The maximum absolute atomic E-state index is 14.2. The number of carbonyl (C=O) groups is 4. The van der Waals surface area contributed by atoms with Crippen molar-refractivity contribution in [3.8, 4) is 0 Å². The third-order valence-corrected chi connectivity index (χ3v) is 9.67. The first-order valence-corrected chi connectivity index (χ1v) is 18.7. The number of hydrogen-bond donors (Lipinski definition) is 4. The van der Waals surface area contributed by atoms with Crippen molar-refractivity contribution in [3.63, 3.8) is 0 Å². The fraction of sp³-hybridized carbons (Fsp3) is 0.600. The SMILES string of the molecule is CCCN(CCC)C(=O)c1cc(C)cc(C(=O)N[C@@H](Cc2cc(F)cc(F)c2)[C@@H](O)CC(=O)N[C@H](C(=O)NC2CC(OC)C(OC)C(OC)C2)C(C)C)c1. The highest BCUT2D eigenvalue weighted by molar-refractivity contribution is 6.00. The molecule has 1 saturated carbocycles. The number of aliphatic hydroxyl groups excluding tert-OH is 1. The van der Waals surface area contributed by atoms with Crippen LogP contribution in [0.5, 0.6) is 0 Å². The van der Waals surface area contributed by atoms with E-state index in [2.05, 4.69) is 16.0 Å². The summed E-state index contributed by atoms with van der Waals surface area (Å²) in [6, 6.07) is 5.13. The number of benzene rings is 2. The molecule has 1 aliphatic carbocycles. The van der Waals surface area contributed by atoms with E-state index >= 15 is 0 Å². The van der Waals surface area contributed by atoms with E-state index in [9.17, 15) is 33.1 Å². The van der Waals surface area contributed by atoms with Crippen molar-refractivity contribution in [2.24, 2.45) is 5.92 Å². The lowest BCUT2D eigenvalue weighted by Crippen LogP contribution is -2.57. The largest absolute Gasteiger partial charge is 0.390 e. The van der Waals surface area contributed by atoms with Gasteiger partial charge in [-0.2, -0.15) is 0 Å². The van der Waals surface area contributed by atoms with E-state index in [1.54, 1.807) is 59.1 Å². The van der Waals surface area contributed by atoms with Gasteiger partial charge < -0.3 is 40.2 Å². The van der Waals surface area contributed by atoms with Crippen LogP contribution in [-0.2, 0) is 30.2 Å². The van der Waals surface area contributed by atoms with Crippen LogP contribution in [0.3, 0.4) is 0 Å². The highest BCUT2D eigenvalue weighted by atomic mass is 19.1. The Hall–Kier alpha value is -3.98. The average Bonchev–Trinajstić information content (AvgIpc) is 3.11. The van der Waals surface area contributed by atoms with E-state index in [1.165, 1.54) is 6.07 Å². The lowest BCUT2D eigenvalue weighted by Gasteiger charge is -2.40. The molecule has 0 aliphatic heterocycles. The number of rotatable bonds is 19. The number of nitrogens with zero attached hydrogens (tertiary/aromatic N) is 1. The van der Waals surface area contributed by atoms with Crippen molar-refractivity contribution in [1.29, 1.82) is 0 Å². The number of nitrogens with one attached hydrogen (secondary N) is 3. The Kier molecular flexibility index (Phi) is 17.4. The minimum Gasteiger partial charge on any atom is -0.390 e. The predicted molar refractivity (Wildman–Crippen MR) is 200 cm³/mol. The summed E-state index contributed by atoms with van der Waals surface area (Å²) in [6.45, 7) is 10.3. The second-order valence-electron chi connectivity index (χ2n) is 14.4. The van der Waals surface area contributed by atoms with E-state index in [4.69, 9.17) is 14.2 Å². The zero-order chi connectivity index (χ0) is 40.1. The van der Waals surface area contributed by atoms with E-state index < -0.39 is 54.0 Å². The Labute approximate surface area is 317 Å². The van der Waals surface area contributed by atoms with Gasteiger partial charge in [0, 0.05) is 57.7 Å². The minimum absolute atomic E-state index is 0.137. The Bertz CT molecular complexity index is 1540. The van der Waals surface area contributed by atoms with Gasteiger partial charge in [0.15, 0.2) is 0 Å². The quantitative estimate of drug-likeness (QED) is 0.167. The fourth-order valence-electron chi connectivity index (χ4n) is 7.03. The maximum atomic E-state index is 14.2. The number of hydrogen-bond acceptors (Lipinski definition) is 8. The van der Waals surface area contributed by atoms with Gasteiger partial charge in [-0.05, 0) is 86.4 Å². The van der Waals surface area contributed by atoms with Gasteiger partial charge in [0.25, 0.3) is 11.8 Å². The van der Waals surface area contributed by atoms with Gasteiger partial charge in [0.05, 0.1) is 30.8 Å². The molecule has 0 aromatic heterocycles. The lowest BCUT2D eigenvalue weighted by molar-refractivity contribution is -0.141. The predicted octanol–water partition coefficient (Wildman–Crippen LogP) is 4.09. The molecule has 3 rings (SSSR count). The first-order chi connectivity index (χ1) is 25.6. The third kappa shape index (κ3) is 12.5. The molecular formula is C40H58F2N4O8. The molecule has 4 amide bonds. The molecule has 1 aliphatic rings. The van der Waals surface area contributed by atoms with Crippen LogP contribution in [0, 0.1) is 24.5 Å². The van der Waals surface area contributed by atoms with Gasteiger partial charge >= 0.3 is 0 Å². The summed E-state index contributed by atoms with van der Waals surface area (Å²) in [7, 11) is 4.69. The van der Waals surface area contributed by atoms with Gasteiger partial charge in [0.2, 0.25) is 11.8 Å². The lowest BCUT2D eigenvalue weighted by atomic mass is 9.87. The molecule has 4 N–H and O–H groups in total. The topological polar surface area (TPSA) is 156 Å². The molecule has 12 nitrogen and oxygen atoms in total. The summed E-state index contributed by atoms with van der Waals surface area (Å²) in [5.41, 5.74) is 1.26. The first kappa shape index (κ1) is 44.4. The molecule has 14 heteroatoms. The Morgan fingerprint density at radius 1 is 0.852 bits per heavy atom. The van der Waals surface area contributed by atoms with E-state index in [0.29, 0.717) is 43.1 Å². The van der Waals surface area contributed by atoms with Gasteiger partial charge in [-0.15, -0.1) is 0 Å². The molecular weight excluding hydrogens is 702 g/mol. The van der Waals surface area contributed by atoms with Gasteiger partial charge in [0.1, 0.15) is 23.8 Å². The van der Waals surface area contributed by atoms with Crippen molar-refractivity contribution in [1.82, 2.24) is 20.9 Å². The number of carbonyl (C=O) groups excluding carboxylic acids is 4. The van der Waals surface area contributed by atoms with E-state index in [-0.39, 0.29) is 53.7 Å². The van der Waals surface area contributed by atoms with E-state index in [1.807, 2.05) is 13.8 Å². The summed E-state index contributed by atoms with van der Waals surface area (Å²) < 4.78 is 45.1. The van der Waals surface area contributed by atoms with Crippen LogP contribution in [0.1, 0.15) is 91.6 Å². The second kappa shape index (κ2) is 21.2. The van der Waals surface area contributed by atoms with Crippen LogP contribution in [0.15, 0.2) is 36.4 Å². The van der Waals surface area contributed by atoms with Crippen LogP contribution in [-0.4, -0.2) is 111 Å². The molecule has 2 aromatic carbocycles. The number of methoxy groups -OCH3 is 3. The molecule has 0 spiro atoms. The number of aliphatic hydroxyl groups is 1. The number of aryl methyl sites for hydroxylation is 1. The molecule has 0 saturated heterocycles. The molecule has 2 unspecified atom stereocenters. The van der Waals surface area contributed by atoms with Crippen molar-refractivity contribution in [3.05, 3.63) is 70.3 Å². The fourth-order valence-corrected chi connectivity index (χ4v) is 7.03. The first-order valence-electron chi connectivity index (χ1n) is 18.7. The highest BCUT2D eigenvalue weighted by Gasteiger charge is 2.40. The summed E-state index contributed by atoms with van der Waals surface area (Å²) >= 11 is 0. The molecule has 5 atom stereocenters. The summed E-state index contributed by atoms with van der Waals surface area (Å²) in [6.07, 6.45) is -0.832. The third-order valence-electron chi connectivity index (χ3n) is 9.67. The summed E-state index contributed by atoms with van der Waals surface area (Å²) in [5.74, 6) is -4.01. The monoisotopic (exact) mass is 760 g/mol. The number of halogens is 2. The van der Waals surface area contributed by atoms with Crippen LogP contribution in [0.4, 0.5) is 8.78 Å². The van der Waals surface area contributed by atoms with Crippen LogP contribution in [0.25, 0.3) is 0 Å².